The Balaban J connectivity index is 1.76. The van der Waals surface area contributed by atoms with E-state index in [-0.39, 0.29) is 30.4 Å². The Bertz CT molecular complexity index is 1090. The molecule has 3 saturated heterocycles. The topological polar surface area (TPSA) is 90.4 Å². The van der Waals surface area contributed by atoms with Crippen LogP contribution in [-0.4, -0.2) is 82.2 Å². The number of aliphatic hydroxyl groups is 1. The number of anilines is 1. The number of hydrogen-bond acceptors (Lipinski definition) is 5. The number of amides is 3. The first-order chi connectivity index (χ1) is 18.7. The standard InChI is InChI=1S/C31H43N3O5/c1-6-18-32(22(3)4)29(38)26-31-17-16-30(5,39-31)24(25(31)28(37)34(26)20-12-9-13-21-35)27(36)33(19-7-2)23-14-10-8-11-15-23/h6-8,10-11,14-15,22,24-26,35H,1-2,9,12-13,16-21H2,3-5H3/t24-,25+,26?,30+,31?/m1/s1. The first-order valence-electron chi connectivity index (χ1n) is 14.2. The van der Waals surface area contributed by atoms with E-state index in [1.807, 2.05) is 51.1 Å². The van der Waals surface area contributed by atoms with Gasteiger partial charge >= 0.3 is 0 Å². The molecule has 3 aliphatic heterocycles. The Hall–Kier alpha value is -2.97. The van der Waals surface area contributed by atoms with Crippen LogP contribution in [0.1, 0.15) is 52.9 Å². The fourth-order valence-electron chi connectivity index (χ4n) is 6.97. The molecule has 3 fully saturated rings. The van der Waals surface area contributed by atoms with Gasteiger partial charge in [-0.15, -0.1) is 13.2 Å². The van der Waals surface area contributed by atoms with Gasteiger partial charge in [0.05, 0.1) is 17.4 Å². The van der Waals surface area contributed by atoms with Gasteiger partial charge in [0.2, 0.25) is 17.7 Å². The monoisotopic (exact) mass is 537 g/mol. The van der Waals surface area contributed by atoms with Crippen LogP contribution in [0.4, 0.5) is 5.69 Å². The zero-order chi connectivity index (χ0) is 28.4. The molecule has 0 aromatic heterocycles. The van der Waals surface area contributed by atoms with Gasteiger partial charge in [-0.05, 0) is 65.0 Å². The van der Waals surface area contributed by atoms with Crippen molar-refractivity contribution in [1.29, 1.82) is 0 Å². The summed E-state index contributed by atoms with van der Waals surface area (Å²) >= 11 is 0. The lowest BCUT2D eigenvalue weighted by Gasteiger charge is -2.38. The fourth-order valence-corrected chi connectivity index (χ4v) is 6.97. The normalized spacial score (nSPS) is 29.0. The number of ether oxygens (including phenoxy) is 1. The molecule has 1 aromatic rings. The minimum absolute atomic E-state index is 0.0833. The Labute approximate surface area is 232 Å². The Morgan fingerprint density at radius 3 is 2.41 bits per heavy atom. The lowest BCUT2D eigenvalue weighted by Crippen LogP contribution is -2.57. The molecule has 8 nitrogen and oxygen atoms in total. The van der Waals surface area contributed by atoms with E-state index in [2.05, 4.69) is 13.2 Å². The minimum Gasteiger partial charge on any atom is -0.396 e. The number of likely N-dealkylation sites (tertiary alicyclic amines) is 1. The van der Waals surface area contributed by atoms with Gasteiger partial charge in [-0.1, -0.05) is 30.4 Å². The molecule has 2 unspecified atom stereocenters. The minimum atomic E-state index is -1.06. The van der Waals surface area contributed by atoms with Crippen molar-refractivity contribution in [3.63, 3.8) is 0 Å². The predicted octanol–water partition coefficient (Wildman–Crippen LogP) is 3.56. The predicted molar refractivity (Wildman–Crippen MR) is 151 cm³/mol. The number of unbranched alkanes of at least 4 members (excludes halogenated alkanes) is 2. The third-order valence-corrected chi connectivity index (χ3v) is 8.71. The second kappa shape index (κ2) is 11.6. The maximum atomic E-state index is 14.3. The first kappa shape index (κ1) is 29.0. The summed E-state index contributed by atoms with van der Waals surface area (Å²) in [6, 6.07) is 8.50. The van der Waals surface area contributed by atoms with Gasteiger partial charge in [-0.2, -0.15) is 0 Å². The van der Waals surface area contributed by atoms with Gasteiger partial charge in [0.15, 0.2) is 0 Å². The SMILES string of the molecule is C=CCN(C(=O)[C@H]1[C@H]2C(=O)N(CCCCCO)C(C(=O)N(CC=C)C(C)C)C23CC[C@]1(C)O3)c1ccccc1. The number of nitrogens with zero attached hydrogens (tertiary/aromatic N) is 3. The van der Waals surface area contributed by atoms with E-state index in [1.54, 1.807) is 26.9 Å². The van der Waals surface area contributed by atoms with E-state index < -0.39 is 29.1 Å². The molecule has 0 radical (unpaired) electrons. The molecule has 2 bridgehead atoms. The van der Waals surface area contributed by atoms with Crippen LogP contribution in [-0.2, 0) is 19.1 Å². The van der Waals surface area contributed by atoms with E-state index in [0.29, 0.717) is 45.3 Å². The maximum Gasteiger partial charge on any atom is 0.248 e. The van der Waals surface area contributed by atoms with Crippen molar-refractivity contribution in [1.82, 2.24) is 9.80 Å². The summed E-state index contributed by atoms with van der Waals surface area (Å²) in [5.41, 5.74) is -1.18. The molecule has 1 N–H and O–H groups in total. The van der Waals surface area contributed by atoms with E-state index in [9.17, 15) is 19.5 Å². The highest BCUT2D eigenvalue weighted by Crippen LogP contribution is 2.63. The Morgan fingerprint density at radius 1 is 1.10 bits per heavy atom. The largest absolute Gasteiger partial charge is 0.396 e. The molecule has 3 amide bonds. The highest BCUT2D eigenvalue weighted by Gasteiger charge is 2.78. The molecule has 39 heavy (non-hydrogen) atoms. The summed E-state index contributed by atoms with van der Waals surface area (Å²) in [5.74, 6) is -1.99. The number of carbonyl (C=O) groups is 3. The number of benzene rings is 1. The summed E-state index contributed by atoms with van der Waals surface area (Å²) in [6.45, 7) is 14.6. The van der Waals surface area contributed by atoms with Crippen LogP contribution in [0.2, 0.25) is 0 Å². The molecular weight excluding hydrogens is 494 g/mol. The molecule has 4 rings (SSSR count). The van der Waals surface area contributed by atoms with Crippen LogP contribution in [0.25, 0.3) is 0 Å². The zero-order valence-corrected chi connectivity index (χ0v) is 23.6. The molecule has 212 valence electrons. The molecule has 0 saturated carbocycles. The quantitative estimate of drug-likeness (QED) is 0.307. The molecule has 5 atom stereocenters. The number of fused-ring (bicyclic) bond motifs is 1. The van der Waals surface area contributed by atoms with Crippen molar-refractivity contribution in [3.8, 4) is 0 Å². The van der Waals surface area contributed by atoms with Crippen LogP contribution in [0, 0.1) is 11.8 Å². The van der Waals surface area contributed by atoms with E-state index >= 15 is 0 Å². The highest BCUT2D eigenvalue weighted by molar-refractivity contribution is 6.03. The summed E-state index contributed by atoms with van der Waals surface area (Å²) in [5, 5.41) is 9.25. The van der Waals surface area contributed by atoms with Crippen LogP contribution in [0.3, 0.4) is 0 Å². The Morgan fingerprint density at radius 2 is 1.79 bits per heavy atom. The lowest BCUT2D eigenvalue weighted by atomic mass is 9.66. The summed E-state index contributed by atoms with van der Waals surface area (Å²) in [6.07, 6.45) is 6.54. The summed E-state index contributed by atoms with van der Waals surface area (Å²) in [4.78, 5) is 48.0. The van der Waals surface area contributed by atoms with E-state index in [1.165, 1.54) is 0 Å². The number of carbonyl (C=O) groups excluding carboxylic acids is 3. The van der Waals surface area contributed by atoms with Gasteiger partial charge in [0, 0.05) is 38.0 Å². The van der Waals surface area contributed by atoms with Gasteiger partial charge < -0.3 is 24.5 Å². The number of aliphatic hydroxyl groups excluding tert-OH is 1. The van der Waals surface area contributed by atoms with Crippen LogP contribution >= 0.6 is 0 Å². The van der Waals surface area contributed by atoms with Crippen LogP contribution in [0.5, 0.6) is 0 Å². The number of hydrogen-bond donors (Lipinski definition) is 1. The molecule has 3 aliphatic rings. The fraction of sp³-hybridized carbons (Fsp3) is 0.581. The van der Waals surface area contributed by atoms with Gasteiger partial charge in [-0.25, -0.2) is 0 Å². The average molecular weight is 538 g/mol. The van der Waals surface area contributed by atoms with Crippen LogP contribution in [0.15, 0.2) is 55.6 Å². The van der Waals surface area contributed by atoms with Crippen molar-refractivity contribution in [3.05, 3.63) is 55.6 Å². The maximum absolute atomic E-state index is 14.3. The third kappa shape index (κ3) is 4.93. The van der Waals surface area contributed by atoms with E-state index in [4.69, 9.17) is 4.74 Å². The van der Waals surface area contributed by atoms with E-state index in [0.717, 1.165) is 12.1 Å². The van der Waals surface area contributed by atoms with Gasteiger partial charge in [0.25, 0.3) is 0 Å². The van der Waals surface area contributed by atoms with Crippen molar-refractivity contribution in [2.75, 3.05) is 31.1 Å². The molecule has 0 aliphatic carbocycles. The first-order valence-corrected chi connectivity index (χ1v) is 14.2. The summed E-state index contributed by atoms with van der Waals surface area (Å²) in [7, 11) is 0. The number of para-hydroxylation sites is 1. The van der Waals surface area contributed by atoms with Crippen molar-refractivity contribution >= 4 is 23.4 Å². The third-order valence-electron chi connectivity index (χ3n) is 8.71. The second-order valence-corrected chi connectivity index (χ2v) is 11.5. The van der Waals surface area contributed by atoms with Crippen molar-refractivity contribution in [2.45, 2.75) is 76.2 Å². The smallest absolute Gasteiger partial charge is 0.248 e. The molecule has 1 aromatic carbocycles. The molecule has 8 heteroatoms. The van der Waals surface area contributed by atoms with Gasteiger partial charge in [0.1, 0.15) is 11.6 Å². The van der Waals surface area contributed by atoms with Crippen molar-refractivity contribution < 1.29 is 24.2 Å². The van der Waals surface area contributed by atoms with Gasteiger partial charge in [-0.3, -0.25) is 14.4 Å². The second-order valence-electron chi connectivity index (χ2n) is 11.5. The summed E-state index contributed by atoms with van der Waals surface area (Å²) < 4.78 is 6.79. The Kier molecular flexibility index (Phi) is 8.66. The average Bonchev–Trinajstić information content (AvgIpc) is 3.48. The van der Waals surface area contributed by atoms with Crippen molar-refractivity contribution in [2.24, 2.45) is 11.8 Å². The highest BCUT2D eigenvalue weighted by atomic mass is 16.5. The van der Waals surface area contributed by atoms with Crippen LogP contribution < -0.4 is 4.90 Å². The number of rotatable bonds is 13. The molecule has 3 heterocycles. The molecular formula is C31H43N3O5. The lowest BCUT2D eigenvalue weighted by molar-refractivity contribution is -0.152. The zero-order valence-electron chi connectivity index (χ0n) is 23.6. The molecule has 1 spiro atoms.